The molecule has 2 rings (SSSR count). The summed E-state index contributed by atoms with van der Waals surface area (Å²) in [4.78, 5) is 0. The van der Waals surface area contributed by atoms with E-state index in [2.05, 4.69) is 5.32 Å². The van der Waals surface area contributed by atoms with Gasteiger partial charge in [-0.1, -0.05) is 6.08 Å². The fourth-order valence-electron chi connectivity index (χ4n) is 2.94. The number of alkyl halides is 6. The zero-order chi connectivity index (χ0) is 21.2. The summed E-state index contributed by atoms with van der Waals surface area (Å²) in [6.07, 6.45) is -4.40. The summed E-state index contributed by atoms with van der Waals surface area (Å²) >= 11 is 0. The summed E-state index contributed by atoms with van der Waals surface area (Å²) in [7, 11) is 3.02. The number of allylic oxidation sites excluding steroid dienone is 1. The maximum Gasteiger partial charge on any atom is 0.416 e. The molecule has 28 heavy (non-hydrogen) atoms. The average molecular weight is 409 g/mol. The van der Waals surface area contributed by atoms with Gasteiger partial charge >= 0.3 is 12.4 Å². The molecule has 0 spiro atoms. The van der Waals surface area contributed by atoms with Crippen LogP contribution in [0.3, 0.4) is 0 Å². The van der Waals surface area contributed by atoms with Crippen LogP contribution in [-0.4, -0.2) is 26.4 Å². The van der Waals surface area contributed by atoms with Gasteiger partial charge in [-0.3, -0.25) is 0 Å². The van der Waals surface area contributed by atoms with Crippen molar-refractivity contribution in [3.63, 3.8) is 0 Å². The van der Waals surface area contributed by atoms with Crippen molar-refractivity contribution in [3.05, 3.63) is 58.9 Å². The van der Waals surface area contributed by atoms with Gasteiger partial charge in [0.05, 0.1) is 23.8 Å². The van der Waals surface area contributed by atoms with E-state index in [0.29, 0.717) is 5.76 Å². The van der Waals surface area contributed by atoms with Gasteiger partial charge in [-0.15, -0.1) is 0 Å². The average Bonchev–Trinajstić information content (AvgIpc) is 2.61. The van der Waals surface area contributed by atoms with E-state index in [1.165, 1.54) is 14.2 Å². The van der Waals surface area contributed by atoms with Gasteiger partial charge in [-0.2, -0.15) is 26.3 Å². The van der Waals surface area contributed by atoms with Gasteiger partial charge in [0.15, 0.2) is 0 Å². The van der Waals surface area contributed by atoms with Crippen molar-refractivity contribution in [2.24, 2.45) is 5.92 Å². The van der Waals surface area contributed by atoms with Gasteiger partial charge in [0.1, 0.15) is 5.76 Å². The smallest absolute Gasteiger partial charge is 0.416 e. The molecule has 1 N–H and O–H groups in total. The van der Waals surface area contributed by atoms with E-state index < -0.39 is 29.1 Å². The highest BCUT2D eigenvalue weighted by atomic mass is 19.4. The second-order valence-corrected chi connectivity index (χ2v) is 6.65. The van der Waals surface area contributed by atoms with Crippen LogP contribution in [0.25, 0.3) is 0 Å². The molecule has 0 saturated carbocycles. The Morgan fingerprint density at radius 2 is 1.57 bits per heavy atom. The number of hydrogen-bond donors (Lipinski definition) is 1. The van der Waals surface area contributed by atoms with E-state index in [0.717, 1.165) is 12.1 Å². The Morgan fingerprint density at radius 3 is 2.04 bits per heavy atom. The van der Waals surface area contributed by atoms with Crippen molar-refractivity contribution in [2.45, 2.75) is 31.4 Å². The maximum absolute atomic E-state index is 12.9. The molecule has 2 unspecified atom stereocenters. The molecular formula is C19H21F6NO2. The van der Waals surface area contributed by atoms with Crippen LogP contribution in [0.5, 0.6) is 0 Å². The Hall–Kier alpha value is -2.00. The lowest BCUT2D eigenvalue weighted by Crippen LogP contribution is -2.41. The van der Waals surface area contributed by atoms with Crippen molar-refractivity contribution in [3.8, 4) is 0 Å². The van der Waals surface area contributed by atoms with Crippen LogP contribution < -0.4 is 5.32 Å². The van der Waals surface area contributed by atoms with Crippen molar-refractivity contribution in [2.75, 3.05) is 20.8 Å². The van der Waals surface area contributed by atoms with Crippen LogP contribution >= 0.6 is 0 Å². The lowest BCUT2D eigenvalue weighted by Gasteiger charge is -2.35. The third-order valence-electron chi connectivity index (χ3n) is 4.67. The number of benzene rings is 1. The zero-order valence-corrected chi connectivity index (χ0v) is 15.5. The first-order valence-corrected chi connectivity index (χ1v) is 8.38. The predicted molar refractivity (Wildman–Crippen MR) is 91.3 cm³/mol. The monoisotopic (exact) mass is 409 g/mol. The third-order valence-corrected chi connectivity index (χ3v) is 4.67. The van der Waals surface area contributed by atoms with E-state index in [9.17, 15) is 26.3 Å². The van der Waals surface area contributed by atoms with Crippen molar-refractivity contribution in [1.29, 1.82) is 0 Å². The fourth-order valence-corrected chi connectivity index (χ4v) is 2.94. The normalized spacial score (nSPS) is 22.9. The second-order valence-electron chi connectivity index (χ2n) is 6.65. The minimum absolute atomic E-state index is 0.103. The number of nitrogens with one attached hydrogen (secondary N) is 1. The van der Waals surface area contributed by atoms with Crippen molar-refractivity contribution in [1.82, 2.24) is 5.32 Å². The number of halogens is 6. The molecule has 1 aromatic carbocycles. The first kappa shape index (κ1) is 22.3. The highest BCUT2D eigenvalue weighted by Crippen LogP contribution is 2.36. The van der Waals surface area contributed by atoms with E-state index in [-0.39, 0.29) is 30.6 Å². The molecule has 1 aromatic rings. The number of rotatable bonds is 6. The predicted octanol–water partition coefficient (Wildman–Crippen LogP) is 4.94. The highest BCUT2D eigenvalue weighted by molar-refractivity contribution is 5.33. The zero-order valence-electron chi connectivity index (χ0n) is 15.5. The molecule has 0 heterocycles. The highest BCUT2D eigenvalue weighted by Gasteiger charge is 2.37. The summed E-state index contributed by atoms with van der Waals surface area (Å²) in [5.41, 5.74) is -3.48. The van der Waals surface area contributed by atoms with Gasteiger partial charge in [-0.25, -0.2) is 0 Å². The van der Waals surface area contributed by atoms with Crippen LogP contribution in [0.15, 0.2) is 42.2 Å². The summed E-state index contributed by atoms with van der Waals surface area (Å²) in [5.74, 6) is 0.414. The Morgan fingerprint density at radius 1 is 1.00 bits per heavy atom. The third kappa shape index (κ3) is 5.29. The lowest BCUT2D eigenvalue weighted by atomic mass is 9.84. The summed E-state index contributed by atoms with van der Waals surface area (Å²) in [6, 6.07) is 1.56. The second kappa shape index (κ2) is 8.16. The van der Waals surface area contributed by atoms with Gasteiger partial charge in [0.2, 0.25) is 0 Å². The molecule has 3 nitrogen and oxygen atoms in total. The molecule has 1 aliphatic rings. The Kier molecular flexibility index (Phi) is 6.50. The topological polar surface area (TPSA) is 30.5 Å². The van der Waals surface area contributed by atoms with Crippen molar-refractivity contribution < 1.29 is 35.8 Å². The molecule has 156 valence electrons. The van der Waals surface area contributed by atoms with E-state index in [1.54, 1.807) is 12.2 Å². The number of ether oxygens (including phenoxy) is 2. The summed E-state index contributed by atoms with van der Waals surface area (Å²) in [5, 5.41) is 2.92. The molecule has 9 heteroatoms. The molecule has 0 aliphatic heterocycles. The first-order chi connectivity index (χ1) is 12.9. The SMILES string of the molecule is COC1=CC(C)(OC)C(CNCc2cc(C(F)(F)F)cc(C(F)(F)F)c2)C=C1. The minimum Gasteiger partial charge on any atom is -0.497 e. The molecule has 0 saturated heterocycles. The van der Waals surface area contributed by atoms with Gasteiger partial charge in [0.25, 0.3) is 0 Å². The van der Waals surface area contributed by atoms with Crippen molar-refractivity contribution >= 4 is 0 Å². The molecule has 0 radical (unpaired) electrons. The van der Waals surface area contributed by atoms with Gasteiger partial charge < -0.3 is 14.8 Å². The summed E-state index contributed by atoms with van der Waals surface area (Å²) < 4.78 is 88.3. The van der Waals surface area contributed by atoms with E-state index in [4.69, 9.17) is 9.47 Å². The molecule has 2 atom stereocenters. The van der Waals surface area contributed by atoms with E-state index in [1.807, 2.05) is 13.0 Å². The first-order valence-electron chi connectivity index (χ1n) is 8.38. The lowest BCUT2D eigenvalue weighted by molar-refractivity contribution is -0.143. The van der Waals surface area contributed by atoms with Gasteiger partial charge in [0, 0.05) is 26.1 Å². The fraction of sp³-hybridized carbons (Fsp3) is 0.474. The number of methoxy groups -OCH3 is 2. The Balaban J connectivity index is 2.14. The van der Waals surface area contributed by atoms with Gasteiger partial charge in [-0.05, 0) is 42.8 Å². The molecule has 0 aromatic heterocycles. The maximum atomic E-state index is 12.9. The van der Waals surface area contributed by atoms with E-state index >= 15 is 0 Å². The largest absolute Gasteiger partial charge is 0.497 e. The van der Waals surface area contributed by atoms with Crippen LogP contribution in [0.4, 0.5) is 26.3 Å². The molecule has 0 amide bonds. The molecule has 1 aliphatic carbocycles. The van der Waals surface area contributed by atoms with Crippen LogP contribution in [0, 0.1) is 5.92 Å². The van der Waals surface area contributed by atoms with Crippen LogP contribution in [-0.2, 0) is 28.4 Å². The number of hydrogen-bond acceptors (Lipinski definition) is 3. The molecular weight excluding hydrogens is 388 g/mol. The quantitative estimate of drug-likeness (QED) is 0.676. The molecule has 0 fully saturated rings. The van der Waals surface area contributed by atoms with Crippen LogP contribution in [0.1, 0.15) is 23.6 Å². The Labute approximate surface area is 159 Å². The Bertz CT molecular complexity index is 722. The van der Waals surface area contributed by atoms with Crippen LogP contribution in [0.2, 0.25) is 0 Å². The standard InChI is InChI=1S/C19H21F6NO2/c1-17(28-3)9-16(27-2)5-4-13(17)11-26-10-12-6-14(18(20,21)22)8-15(7-12)19(23,24)25/h4-9,13,26H,10-11H2,1-3H3. The molecule has 0 bridgehead atoms. The minimum atomic E-state index is -4.86. The summed E-state index contributed by atoms with van der Waals surface area (Å²) in [6.45, 7) is 1.94.